The van der Waals surface area contributed by atoms with Crippen molar-refractivity contribution in [3.05, 3.63) is 0 Å². The molecular formula is C12H24N2O2. The monoisotopic (exact) mass is 228 g/mol. The first-order valence-electron chi connectivity index (χ1n) is 5.96. The molecule has 0 bridgehead atoms. The molecule has 0 aromatic carbocycles. The van der Waals surface area contributed by atoms with Crippen LogP contribution < -0.4 is 5.32 Å². The minimum absolute atomic E-state index is 0.0553. The number of hydrogen-bond donors (Lipinski definition) is 1. The molecular weight excluding hydrogens is 204 g/mol. The summed E-state index contributed by atoms with van der Waals surface area (Å²) in [7, 11) is 0. The van der Waals surface area contributed by atoms with E-state index in [-0.39, 0.29) is 17.7 Å². The summed E-state index contributed by atoms with van der Waals surface area (Å²) >= 11 is 0. The van der Waals surface area contributed by atoms with Crippen molar-refractivity contribution in [3.8, 4) is 0 Å². The minimum atomic E-state index is 0.0553. The van der Waals surface area contributed by atoms with E-state index in [0.29, 0.717) is 13.0 Å². The van der Waals surface area contributed by atoms with Crippen LogP contribution in [0.1, 0.15) is 40.5 Å². The molecule has 0 radical (unpaired) electrons. The number of ketones is 1. The number of carbonyl (C=O) groups is 2. The van der Waals surface area contributed by atoms with Crippen LogP contribution in [0.25, 0.3) is 0 Å². The highest BCUT2D eigenvalue weighted by atomic mass is 16.2. The smallest absolute Gasteiger partial charge is 0.234 e. The fourth-order valence-electron chi connectivity index (χ4n) is 1.47. The second-order valence-corrected chi connectivity index (χ2v) is 4.40. The molecule has 0 aliphatic rings. The van der Waals surface area contributed by atoms with Gasteiger partial charge in [0.25, 0.3) is 0 Å². The molecule has 0 saturated heterocycles. The fraction of sp³-hybridized carbons (Fsp3) is 0.833. The Balaban J connectivity index is 3.81. The molecule has 0 unspecified atom stereocenters. The Labute approximate surface area is 98.4 Å². The predicted molar refractivity (Wildman–Crippen MR) is 65.3 cm³/mol. The molecule has 94 valence electrons. The summed E-state index contributed by atoms with van der Waals surface area (Å²) in [6.45, 7) is 9.59. The lowest BCUT2D eigenvalue weighted by atomic mass is 10.2. The Morgan fingerprint density at radius 1 is 1.31 bits per heavy atom. The van der Waals surface area contributed by atoms with E-state index in [1.807, 2.05) is 20.8 Å². The molecule has 1 N–H and O–H groups in total. The zero-order valence-electron chi connectivity index (χ0n) is 10.9. The second kappa shape index (κ2) is 8.28. The van der Waals surface area contributed by atoms with E-state index >= 15 is 0 Å². The van der Waals surface area contributed by atoms with Gasteiger partial charge in [-0.2, -0.15) is 0 Å². The zero-order chi connectivity index (χ0) is 12.6. The van der Waals surface area contributed by atoms with Crippen LogP contribution in [0.5, 0.6) is 0 Å². The minimum Gasteiger partial charge on any atom is -0.353 e. The molecule has 1 amide bonds. The number of nitrogens with one attached hydrogen (secondary N) is 1. The summed E-state index contributed by atoms with van der Waals surface area (Å²) in [5, 5.41) is 2.86. The standard InChI is InChI=1S/C12H24N2O2/c1-5-14(8-6-7-11(4)15)9-12(16)13-10(2)3/h10H,5-9H2,1-4H3,(H,13,16). The molecule has 0 aliphatic carbocycles. The van der Waals surface area contributed by atoms with Crippen LogP contribution in [0.4, 0.5) is 0 Å². The summed E-state index contributed by atoms with van der Waals surface area (Å²) in [5.41, 5.74) is 0. The van der Waals surface area contributed by atoms with Crippen molar-refractivity contribution < 1.29 is 9.59 Å². The average molecular weight is 228 g/mol. The number of rotatable bonds is 8. The Bertz CT molecular complexity index is 227. The van der Waals surface area contributed by atoms with E-state index in [4.69, 9.17) is 0 Å². The summed E-state index contributed by atoms with van der Waals surface area (Å²) in [4.78, 5) is 24.3. The molecule has 0 fully saturated rings. The highest BCUT2D eigenvalue weighted by Gasteiger charge is 2.09. The highest BCUT2D eigenvalue weighted by molar-refractivity contribution is 5.78. The van der Waals surface area contributed by atoms with Gasteiger partial charge in [-0.25, -0.2) is 0 Å². The van der Waals surface area contributed by atoms with E-state index < -0.39 is 0 Å². The quantitative estimate of drug-likeness (QED) is 0.679. The van der Waals surface area contributed by atoms with Crippen molar-refractivity contribution >= 4 is 11.7 Å². The SMILES string of the molecule is CCN(CCCC(C)=O)CC(=O)NC(C)C. The van der Waals surface area contributed by atoms with Crippen molar-refractivity contribution in [3.63, 3.8) is 0 Å². The molecule has 0 atom stereocenters. The van der Waals surface area contributed by atoms with Gasteiger partial charge in [0.2, 0.25) is 5.91 Å². The number of Topliss-reactive ketones (excluding diaryl/α,β-unsaturated/α-hetero) is 1. The van der Waals surface area contributed by atoms with Crippen LogP contribution >= 0.6 is 0 Å². The van der Waals surface area contributed by atoms with E-state index in [1.165, 1.54) is 0 Å². The third-order valence-corrected chi connectivity index (χ3v) is 2.27. The summed E-state index contributed by atoms with van der Waals surface area (Å²) in [6, 6.07) is 0.184. The summed E-state index contributed by atoms with van der Waals surface area (Å²) in [6.07, 6.45) is 1.43. The Morgan fingerprint density at radius 2 is 1.94 bits per heavy atom. The average Bonchev–Trinajstić information content (AvgIpc) is 2.14. The second-order valence-electron chi connectivity index (χ2n) is 4.40. The van der Waals surface area contributed by atoms with Crippen LogP contribution in [0.15, 0.2) is 0 Å². The lowest BCUT2D eigenvalue weighted by molar-refractivity contribution is -0.122. The maximum absolute atomic E-state index is 11.5. The third-order valence-electron chi connectivity index (χ3n) is 2.27. The van der Waals surface area contributed by atoms with Gasteiger partial charge in [0.05, 0.1) is 6.54 Å². The van der Waals surface area contributed by atoms with Crippen molar-refractivity contribution in [2.24, 2.45) is 0 Å². The molecule has 0 rings (SSSR count). The maximum atomic E-state index is 11.5. The van der Waals surface area contributed by atoms with Gasteiger partial charge in [-0.1, -0.05) is 6.92 Å². The van der Waals surface area contributed by atoms with Gasteiger partial charge in [0.15, 0.2) is 0 Å². The van der Waals surface area contributed by atoms with Gasteiger partial charge in [-0.15, -0.1) is 0 Å². The van der Waals surface area contributed by atoms with Gasteiger partial charge in [-0.05, 0) is 40.3 Å². The van der Waals surface area contributed by atoms with Gasteiger partial charge < -0.3 is 10.1 Å². The van der Waals surface area contributed by atoms with Gasteiger partial charge in [-0.3, -0.25) is 9.69 Å². The fourth-order valence-corrected chi connectivity index (χ4v) is 1.47. The first-order chi connectivity index (χ1) is 7.45. The van der Waals surface area contributed by atoms with Crippen molar-refractivity contribution in [1.29, 1.82) is 0 Å². The Kier molecular flexibility index (Phi) is 7.81. The number of likely N-dealkylation sites (N-methyl/N-ethyl adjacent to an activating group) is 1. The van der Waals surface area contributed by atoms with E-state index in [0.717, 1.165) is 19.5 Å². The summed E-state index contributed by atoms with van der Waals surface area (Å²) < 4.78 is 0. The number of carbonyl (C=O) groups excluding carboxylic acids is 2. The maximum Gasteiger partial charge on any atom is 0.234 e. The first kappa shape index (κ1) is 15.1. The lowest BCUT2D eigenvalue weighted by Gasteiger charge is -2.20. The Hall–Kier alpha value is -0.900. The van der Waals surface area contributed by atoms with Crippen molar-refractivity contribution in [2.75, 3.05) is 19.6 Å². The van der Waals surface area contributed by atoms with Crippen LogP contribution in [0.3, 0.4) is 0 Å². The molecule has 0 aromatic heterocycles. The van der Waals surface area contributed by atoms with Crippen LogP contribution in [0, 0.1) is 0 Å². The molecule has 0 saturated carbocycles. The highest BCUT2D eigenvalue weighted by Crippen LogP contribution is 1.96. The molecule has 0 aliphatic heterocycles. The molecule has 16 heavy (non-hydrogen) atoms. The molecule has 0 spiro atoms. The Morgan fingerprint density at radius 3 is 2.38 bits per heavy atom. The molecule has 4 nitrogen and oxygen atoms in total. The van der Waals surface area contributed by atoms with Crippen molar-refractivity contribution in [1.82, 2.24) is 10.2 Å². The lowest BCUT2D eigenvalue weighted by Crippen LogP contribution is -2.40. The van der Waals surface area contributed by atoms with Crippen molar-refractivity contribution in [2.45, 2.75) is 46.6 Å². The molecule has 0 aromatic rings. The topological polar surface area (TPSA) is 49.4 Å². The molecule has 4 heteroatoms. The van der Waals surface area contributed by atoms with Crippen LogP contribution in [0.2, 0.25) is 0 Å². The summed E-state index contributed by atoms with van der Waals surface area (Å²) in [5.74, 6) is 0.266. The normalized spacial score (nSPS) is 10.9. The van der Waals surface area contributed by atoms with Crippen LogP contribution in [-0.2, 0) is 9.59 Å². The van der Waals surface area contributed by atoms with Crippen LogP contribution in [-0.4, -0.2) is 42.3 Å². The predicted octanol–water partition coefficient (Wildman–Crippen LogP) is 1.20. The number of nitrogens with zero attached hydrogens (tertiary/aromatic N) is 1. The van der Waals surface area contributed by atoms with E-state index in [9.17, 15) is 9.59 Å². The number of hydrogen-bond acceptors (Lipinski definition) is 3. The van der Waals surface area contributed by atoms with Gasteiger partial charge in [0, 0.05) is 12.5 Å². The van der Waals surface area contributed by atoms with E-state index in [1.54, 1.807) is 6.92 Å². The largest absolute Gasteiger partial charge is 0.353 e. The van der Waals surface area contributed by atoms with E-state index in [2.05, 4.69) is 10.2 Å². The first-order valence-corrected chi connectivity index (χ1v) is 5.96. The number of amides is 1. The van der Waals surface area contributed by atoms with Gasteiger partial charge >= 0.3 is 0 Å². The third kappa shape index (κ3) is 8.41. The molecule has 0 heterocycles. The van der Waals surface area contributed by atoms with Gasteiger partial charge in [0.1, 0.15) is 5.78 Å². The zero-order valence-corrected chi connectivity index (χ0v) is 10.9.